The van der Waals surface area contributed by atoms with Crippen LogP contribution in [0.2, 0.25) is 0 Å². The number of anilines is 1. The number of benzene rings is 2. The highest BCUT2D eigenvalue weighted by Crippen LogP contribution is 2.38. The minimum absolute atomic E-state index is 0.307. The summed E-state index contributed by atoms with van der Waals surface area (Å²) in [7, 11) is 4.51. The summed E-state index contributed by atoms with van der Waals surface area (Å²) in [6.07, 6.45) is 0.701. The van der Waals surface area contributed by atoms with Gasteiger partial charge in [0.15, 0.2) is 17.3 Å². The van der Waals surface area contributed by atoms with Gasteiger partial charge in [-0.05, 0) is 36.4 Å². The number of nitrogens with zero attached hydrogens (tertiary/aromatic N) is 2. The molecule has 0 saturated carbocycles. The number of methoxy groups -OCH3 is 3. The van der Waals surface area contributed by atoms with E-state index in [0.717, 1.165) is 5.56 Å². The van der Waals surface area contributed by atoms with Gasteiger partial charge in [0.25, 0.3) is 11.8 Å². The number of hydrogen-bond acceptors (Lipinski definition) is 7. The van der Waals surface area contributed by atoms with Crippen LogP contribution < -0.4 is 19.5 Å². The van der Waals surface area contributed by atoms with Gasteiger partial charge >= 0.3 is 0 Å². The Morgan fingerprint density at radius 3 is 2.18 bits per heavy atom. The summed E-state index contributed by atoms with van der Waals surface area (Å²) in [5.41, 5.74) is 1.78. The molecule has 1 aromatic heterocycles. The summed E-state index contributed by atoms with van der Waals surface area (Å²) in [5, 5.41) is 6.71. The number of ether oxygens (including phenoxy) is 3. The van der Waals surface area contributed by atoms with E-state index in [1.165, 1.54) is 21.3 Å². The predicted octanol–water partition coefficient (Wildman–Crippen LogP) is 3.58. The number of hydrogen-bond donors (Lipinski definition) is 1. The molecular formula is C20H21N3O5. The van der Waals surface area contributed by atoms with Crippen molar-refractivity contribution < 1.29 is 23.5 Å². The molecule has 0 fully saturated rings. The lowest BCUT2D eigenvalue weighted by Crippen LogP contribution is -2.12. The van der Waals surface area contributed by atoms with Crippen molar-refractivity contribution in [3.05, 3.63) is 47.8 Å². The smallest absolute Gasteiger partial charge is 0.257 e. The molecule has 28 heavy (non-hydrogen) atoms. The Labute approximate surface area is 162 Å². The van der Waals surface area contributed by atoms with Crippen LogP contribution in [0.5, 0.6) is 17.2 Å². The topological polar surface area (TPSA) is 95.7 Å². The molecule has 0 bridgehead atoms. The Morgan fingerprint density at radius 1 is 1.04 bits per heavy atom. The van der Waals surface area contributed by atoms with E-state index in [4.69, 9.17) is 18.7 Å². The third-order valence-electron chi connectivity index (χ3n) is 4.10. The van der Waals surface area contributed by atoms with Crippen LogP contribution >= 0.6 is 0 Å². The van der Waals surface area contributed by atoms with Crippen molar-refractivity contribution in [1.82, 2.24) is 10.1 Å². The zero-order chi connectivity index (χ0) is 20.1. The molecule has 1 amide bonds. The van der Waals surface area contributed by atoms with Gasteiger partial charge in [0.1, 0.15) is 0 Å². The summed E-state index contributed by atoms with van der Waals surface area (Å²) >= 11 is 0. The third-order valence-corrected chi connectivity index (χ3v) is 4.10. The van der Waals surface area contributed by atoms with Crippen molar-refractivity contribution in [3.8, 4) is 28.7 Å². The summed E-state index contributed by atoms with van der Waals surface area (Å²) in [6, 6.07) is 10.3. The van der Waals surface area contributed by atoms with Crippen molar-refractivity contribution in [2.75, 3.05) is 26.6 Å². The van der Waals surface area contributed by atoms with E-state index in [1.54, 1.807) is 36.4 Å². The maximum absolute atomic E-state index is 12.6. The van der Waals surface area contributed by atoms with E-state index in [-0.39, 0.29) is 5.91 Å². The molecule has 8 heteroatoms. The molecule has 0 spiro atoms. The lowest BCUT2D eigenvalue weighted by Gasteiger charge is -2.14. The van der Waals surface area contributed by atoms with Gasteiger partial charge in [0.05, 0.1) is 21.3 Å². The number of amides is 1. The van der Waals surface area contributed by atoms with E-state index >= 15 is 0 Å². The number of aromatic nitrogens is 2. The molecule has 0 atom stereocenters. The largest absolute Gasteiger partial charge is 0.493 e. The Hall–Kier alpha value is -3.55. The van der Waals surface area contributed by atoms with Crippen LogP contribution in [0.4, 0.5) is 5.69 Å². The van der Waals surface area contributed by atoms with Gasteiger partial charge in [0.2, 0.25) is 5.75 Å². The first-order valence-corrected chi connectivity index (χ1v) is 8.64. The van der Waals surface area contributed by atoms with Crippen LogP contribution in [-0.4, -0.2) is 37.4 Å². The second kappa shape index (κ2) is 8.43. The van der Waals surface area contributed by atoms with Crippen molar-refractivity contribution in [2.45, 2.75) is 13.3 Å². The zero-order valence-electron chi connectivity index (χ0n) is 16.1. The number of carbonyl (C=O) groups is 1. The quantitative estimate of drug-likeness (QED) is 0.666. The molecule has 0 unspecified atom stereocenters. The number of nitrogens with one attached hydrogen (secondary N) is 1. The van der Waals surface area contributed by atoms with Crippen molar-refractivity contribution in [2.24, 2.45) is 0 Å². The molecule has 0 aliphatic carbocycles. The van der Waals surface area contributed by atoms with Gasteiger partial charge in [-0.25, -0.2) is 0 Å². The van der Waals surface area contributed by atoms with E-state index in [2.05, 4.69) is 15.5 Å². The first kappa shape index (κ1) is 19.2. The summed E-state index contributed by atoms with van der Waals surface area (Å²) in [5.74, 6) is 2.03. The Morgan fingerprint density at radius 2 is 1.68 bits per heavy atom. The van der Waals surface area contributed by atoms with Gasteiger partial charge in [-0.3, -0.25) is 4.79 Å². The summed E-state index contributed by atoms with van der Waals surface area (Å²) in [6.45, 7) is 1.95. The highest BCUT2D eigenvalue weighted by atomic mass is 16.5. The maximum Gasteiger partial charge on any atom is 0.257 e. The van der Waals surface area contributed by atoms with Crippen molar-refractivity contribution >= 4 is 11.6 Å². The third kappa shape index (κ3) is 3.90. The number of rotatable bonds is 7. The lowest BCUT2D eigenvalue weighted by molar-refractivity contribution is 0.102. The highest BCUT2D eigenvalue weighted by Gasteiger charge is 2.17. The van der Waals surface area contributed by atoms with Crippen LogP contribution in [0, 0.1) is 0 Å². The lowest BCUT2D eigenvalue weighted by atomic mass is 10.1. The monoisotopic (exact) mass is 383 g/mol. The fourth-order valence-corrected chi connectivity index (χ4v) is 2.63. The zero-order valence-corrected chi connectivity index (χ0v) is 16.1. The minimum atomic E-state index is -0.307. The Balaban J connectivity index is 1.79. The van der Waals surface area contributed by atoms with Gasteiger partial charge in [-0.2, -0.15) is 4.98 Å². The fourth-order valence-electron chi connectivity index (χ4n) is 2.63. The molecule has 1 N–H and O–H groups in total. The first-order valence-electron chi connectivity index (χ1n) is 8.64. The molecule has 0 aliphatic rings. The molecule has 2 aromatic carbocycles. The van der Waals surface area contributed by atoms with E-state index in [9.17, 15) is 4.79 Å². The average molecular weight is 383 g/mol. The Kier molecular flexibility index (Phi) is 5.78. The minimum Gasteiger partial charge on any atom is -0.493 e. The van der Waals surface area contributed by atoms with Crippen LogP contribution in [0.25, 0.3) is 11.5 Å². The molecule has 0 aliphatic heterocycles. The standard InChI is InChI=1S/C20H21N3O5/c1-5-17-22-20(28-23-17)12-6-8-14(9-7-12)21-19(24)13-10-15(25-2)18(27-4)16(11-13)26-3/h6-11H,5H2,1-4H3,(H,21,24). The van der Waals surface area contributed by atoms with Gasteiger partial charge in [0, 0.05) is 23.2 Å². The van der Waals surface area contributed by atoms with Crippen molar-refractivity contribution in [1.29, 1.82) is 0 Å². The molecule has 8 nitrogen and oxygen atoms in total. The normalized spacial score (nSPS) is 10.4. The van der Waals surface area contributed by atoms with E-state index in [0.29, 0.717) is 46.6 Å². The maximum atomic E-state index is 12.6. The highest BCUT2D eigenvalue weighted by molar-refractivity contribution is 6.05. The predicted molar refractivity (Wildman–Crippen MR) is 103 cm³/mol. The summed E-state index contributed by atoms with van der Waals surface area (Å²) < 4.78 is 21.1. The molecule has 0 radical (unpaired) electrons. The second-order valence-corrected chi connectivity index (χ2v) is 5.81. The summed E-state index contributed by atoms with van der Waals surface area (Å²) in [4.78, 5) is 16.9. The average Bonchev–Trinajstić information content (AvgIpc) is 3.22. The number of aryl methyl sites for hydroxylation is 1. The molecule has 146 valence electrons. The van der Waals surface area contributed by atoms with Crippen LogP contribution in [-0.2, 0) is 6.42 Å². The molecule has 3 aromatic rings. The molecular weight excluding hydrogens is 362 g/mol. The van der Waals surface area contributed by atoms with Gasteiger partial charge in [-0.1, -0.05) is 12.1 Å². The van der Waals surface area contributed by atoms with Crippen molar-refractivity contribution in [3.63, 3.8) is 0 Å². The molecule has 3 rings (SSSR count). The first-order chi connectivity index (χ1) is 13.6. The van der Waals surface area contributed by atoms with E-state index in [1.807, 2.05) is 6.92 Å². The van der Waals surface area contributed by atoms with Crippen LogP contribution in [0.1, 0.15) is 23.1 Å². The Bertz CT molecular complexity index is 941. The second-order valence-electron chi connectivity index (χ2n) is 5.81. The molecule has 0 saturated heterocycles. The van der Waals surface area contributed by atoms with Crippen LogP contribution in [0.15, 0.2) is 40.9 Å². The number of carbonyl (C=O) groups excluding carboxylic acids is 1. The van der Waals surface area contributed by atoms with E-state index < -0.39 is 0 Å². The SMILES string of the molecule is CCc1noc(-c2ccc(NC(=O)c3cc(OC)c(OC)c(OC)c3)cc2)n1. The van der Waals surface area contributed by atoms with Gasteiger partial charge in [-0.15, -0.1) is 0 Å². The van der Waals surface area contributed by atoms with Gasteiger partial charge < -0.3 is 24.1 Å². The molecule has 1 heterocycles. The fraction of sp³-hybridized carbons (Fsp3) is 0.250. The van der Waals surface area contributed by atoms with Crippen LogP contribution in [0.3, 0.4) is 0 Å².